The van der Waals surface area contributed by atoms with E-state index in [1.807, 2.05) is 49.4 Å². The first-order valence-electron chi connectivity index (χ1n) is 9.10. The van der Waals surface area contributed by atoms with Crippen LogP contribution in [0.5, 0.6) is 5.88 Å². The smallest absolute Gasteiger partial charge is 0.240 e. The number of hydrogen-bond donors (Lipinski definition) is 1. The molecule has 4 aromatic rings. The number of ether oxygens (including phenoxy) is 1. The molecule has 1 unspecified atom stereocenters. The molecule has 0 fully saturated rings. The maximum atomic E-state index is 5.95. The molecule has 9 nitrogen and oxygen atoms in total. The van der Waals surface area contributed by atoms with Crippen molar-refractivity contribution in [1.29, 1.82) is 0 Å². The average Bonchev–Trinajstić information content (AvgIpc) is 3.39. The summed E-state index contributed by atoms with van der Waals surface area (Å²) in [7, 11) is 1.56. The molecule has 1 atom stereocenters. The van der Waals surface area contributed by atoms with E-state index in [1.165, 1.54) is 0 Å². The van der Waals surface area contributed by atoms with E-state index in [-0.39, 0.29) is 6.04 Å². The molecule has 1 aromatic carbocycles. The van der Waals surface area contributed by atoms with Crippen molar-refractivity contribution in [2.75, 3.05) is 13.7 Å². The van der Waals surface area contributed by atoms with Crippen molar-refractivity contribution in [2.45, 2.75) is 13.0 Å². The molecule has 1 N–H and O–H groups in total. The lowest BCUT2D eigenvalue weighted by atomic mass is 10.2. The number of oxime groups is 1. The molecular weight excluding hydrogens is 372 g/mol. The summed E-state index contributed by atoms with van der Waals surface area (Å²) in [5.41, 5.74) is 2.10. The van der Waals surface area contributed by atoms with Gasteiger partial charge < -0.3 is 19.3 Å². The molecule has 29 heavy (non-hydrogen) atoms. The van der Waals surface area contributed by atoms with Gasteiger partial charge in [-0.3, -0.25) is 0 Å². The van der Waals surface area contributed by atoms with E-state index in [4.69, 9.17) is 14.0 Å². The van der Waals surface area contributed by atoms with Gasteiger partial charge in [-0.15, -0.1) is 0 Å². The van der Waals surface area contributed by atoms with Crippen molar-refractivity contribution >= 4 is 16.8 Å². The number of para-hydroxylation sites is 1. The van der Waals surface area contributed by atoms with Crippen LogP contribution in [0, 0.1) is 6.92 Å². The number of nitrogens with zero attached hydrogens (tertiary/aromatic N) is 5. The first kappa shape index (κ1) is 17.2. The number of nitrogens with one attached hydrogen (secondary N) is 1. The number of amidine groups is 1. The molecule has 0 radical (unpaired) electrons. The molecule has 1 aliphatic rings. The summed E-state index contributed by atoms with van der Waals surface area (Å²) in [5.74, 6) is 2.35. The minimum atomic E-state index is -0.180. The molecular formula is C20H18N6O3. The van der Waals surface area contributed by atoms with E-state index in [0.29, 0.717) is 35.5 Å². The predicted molar refractivity (Wildman–Crippen MR) is 105 cm³/mol. The van der Waals surface area contributed by atoms with Crippen LogP contribution in [0.15, 0.2) is 58.4 Å². The number of furan rings is 1. The van der Waals surface area contributed by atoms with Gasteiger partial charge >= 0.3 is 0 Å². The highest BCUT2D eigenvalue weighted by atomic mass is 16.6. The Morgan fingerprint density at radius 1 is 1.21 bits per heavy atom. The second-order valence-corrected chi connectivity index (χ2v) is 6.58. The van der Waals surface area contributed by atoms with Crippen LogP contribution in [-0.4, -0.2) is 39.3 Å². The summed E-state index contributed by atoms with van der Waals surface area (Å²) in [6.45, 7) is 2.18. The standard InChI is InChI=1S/C20H18N6O3/c1-12-21-11-26(24-12)16-8-7-14(23-20(16)27-2)19-22-15(10-28-25-19)18-9-13-5-3-4-6-17(13)29-18/h3-9,11,15H,10H2,1-2H3,(H,22,25). The van der Waals surface area contributed by atoms with Crippen LogP contribution in [0.25, 0.3) is 16.7 Å². The van der Waals surface area contributed by atoms with Gasteiger partial charge in [-0.1, -0.05) is 23.4 Å². The van der Waals surface area contributed by atoms with Gasteiger partial charge in [-0.25, -0.2) is 14.6 Å². The van der Waals surface area contributed by atoms with E-state index in [1.54, 1.807) is 18.1 Å². The van der Waals surface area contributed by atoms with Crippen LogP contribution in [0.4, 0.5) is 0 Å². The van der Waals surface area contributed by atoms with E-state index in [0.717, 1.165) is 16.7 Å². The van der Waals surface area contributed by atoms with E-state index < -0.39 is 0 Å². The van der Waals surface area contributed by atoms with E-state index in [9.17, 15) is 0 Å². The fourth-order valence-corrected chi connectivity index (χ4v) is 3.21. The van der Waals surface area contributed by atoms with Gasteiger partial charge in [0.25, 0.3) is 0 Å². The quantitative estimate of drug-likeness (QED) is 0.572. The summed E-state index contributed by atoms with van der Waals surface area (Å²) in [6, 6.07) is 13.4. The summed E-state index contributed by atoms with van der Waals surface area (Å²) >= 11 is 0. The average molecular weight is 390 g/mol. The lowest BCUT2D eigenvalue weighted by molar-refractivity contribution is 0.103. The first-order chi connectivity index (χ1) is 14.2. The minimum Gasteiger partial charge on any atom is -0.479 e. The number of aryl methyl sites for hydroxylation is 1. The Morgan fingerprint density at radius 2 is 2.10 bits per heavy atom. The zero-order valence-corrected chi connectivity index (χ0v) is 15.9. The normalized spacial score (nSPS) is 16.2. The number of benzene rings is 1. The second-order valence-electron chi connectivity index (χ2n) is 6.58. The summed E-state index contributed by atoms with van der Waals surface area (Å²) < 4.78 is 13.0. The van der Waals surface area contributed by atoms with Gasteiger partial charge in [0.2, 0.25) is 5.88 Å². The van der Waals surface area contributed by atoms with Crippen molar-refractivity contribution in [2.24, 2.45) is 5.16 Å². The first-order valence-corrected chi connectivity index (χ1v) is 9.10. The molecule has 0 saturated heterocycles. The Morgan fingerprint density at radius 3 is 2.90 bits per heavy atom. The molecule has 5 rings (SSSR count). The lowest BCUT2D eigenvalue weighted by Crippen LogP contribution is -2.36. The molecule has 9 heteroatoms. The third kappa shape index (κ3) is 3.16. The van der Waals surface area contributed by atoms with Gasteiger partial charge in [-0.05, 0) is 31.2 Å². The summed E-state index contributed by atoms with van der Waals surface area (Å²) in [6.07, 6.45) is 1.62. The van der Waals surface area contributed by atoms with Gasteiger partial charge in [-0.2, -0.15) is 5.10 Å². The summed E-state index contributed by atoms with van der Waals surface area (Å²) in [5, 5.41) is 12.8. The molecule has 0 saturated carbocycles. The Kier molecular flexibility index (Phi) is 4.12. The zero-order chi connectivity index (χ0) is 19.8. The molecule has 0 bridgehead atoms. The highest BCUT2D eigenvalue weighted by Gasteiger charge is 2.25. The molecule has 4 heterocycles. The Bertz CT molecular complexity index is 1180. The van der Waals surface area contributed by atoms with Crippen LogP contribution in [0.3, 0.4) is 0 Å². The van der Waals surface area contributed by atoms with Crippen molar-refractivity contribution in [3.05, 3.63) is 66.1 Å². The van der Waals surface area contributed by atoms with Gasteiger partial charge in [0.05, 0.1) is 7.11 Å². The molecule has 0 amide bonds. The molecule has 146 valence electrons. The number of pyridine rings is 1. The molecule has 0 spiro atoms. The Balaban J connectivity index is 1.43. The number of methoxy groups -OCH3 is 1. The van der Waals surface area contributed by atoms with Crippen LogP contribution in [-0.2, 0) is 4.84 Å². The lowest BCUT2D eigenvalue weighted by Gasteiger charge is -2.22. The number of hydrogen-bond acceptors (Lipinski definition) is 8. The number of rotatable bonds is 4. The zero-order valence-electron chi connectivity index (χ0n) is 15.9. The maximum absolute atomic E-state index is 5.95. The highest BCUT2D eigenvalue weighted by Crippen LogP contribution is 2.26. The van der Waals surface area contributed by atoms with Crippen molar-refractivity contribution in [3.8, 4) is 11.6 Å². The Hall–Kier alpha value is -3.88. The van der Waals surface area contributed by atoms with Gasteiger partial charge in [0, 0.05) is 5.39 Å². The van der Waals surface area contributed by atoms with Crippen LogP contribution in [0.2, 0.25) is 0 Å². The van der Waals surface area contributed by atoms with Crippen LogP contribution < -0.4 is 10.1 Å². The maximum Gasteiger partial charge on any atom is 0.240 e. The molecule has 3 aromatic heterocycles. The van der Waals surface area contributed by atoms with Crippen molar-refractivity contribution in [3.63, 3.8) is 0 Å². The topological polar surface area (TPSA) is 99.6 Å². The molecule has 0 aliphatic carbocycles. The largest absolute Gasteiger partial charge is 0.479 e. The van der Waals surface area contributed by atoms with Gasteiger partial charge in [0.1, 0.15) is 47.5 Å². The van der Waals surface area contributed by atoms with E-state index >= 15 is 0 Å². The fourth-order valence-electron chi connectivity index (χ4n) is 3.21. The third-order valence-electron chi connectivity index (χ3n) is 4.63. The number of aromatic nitrogens is 4. The SMILES string of the molecule is COc1nc(C2=NOCC(c3cc4ccccc4o3)N2)ccc1-n1cnc(C)n1. The Labute approximate surface area is 166 Å². The molecule has 1 aliphatic heterocycles. The monoisotopic (exact) mass is 390 g/mol. The van der Waals surface area contributed by atoms with Crippen LogP contribution >= 0.6 is 0 Å². The van der Waals surface area contributed by atoms with Crippen molar-refractivity contribution in [1.82, 2.24) is 25.1 Å². The second kappa shape index (κ2) is 6.93. The van der Waals surface area contributed by atoms with Crippen molar-refractivity contribution < 1.29 is 14.0 Å². The minimum absolute atomic E-state index is 0.180. The van der Waals surface area contributed by atoms with E-state index in [2.05, 4.69) is 25.5 Å². The third-order valence-corrected chi connectivity index (χ3v) is 4.63. The van der Waals surface area contributed by atoms with Gasteiger partial charge in [0.15, 0.2) is 5.84 Å². The summed E-state index contributed by atoms with van der Waals surface area (Å²) in [4.78, 5) is 14.1. The van der Waals surface area contributed by atoms with Crippen LogP contribution in [0.1, 0.15) is 23.3 Å². The predicted octanol–water partition coefficient (Wildman–Crippen LogP) is 2.75. The highest BCUT2D eigenvalue weighted by molar-refractivity contribution is 5.97. The fraction of sp³-hybridized carbons (Fsp3) is 0.200. The number of fused-ring (bicyclic) bond motifs is 1.